The first-order chi connectivity index (χ1) is 6.79. The molecule has 1 heterocycles. The lowest BCUT2D eigenvalue weighted by molar-refractivity contribution is 0.527. The van der Waals surface area contributed by atoms with E-state index in [1.807, 2.05) is 12.4 Å². The zero-order chi connectivity index (χ0) is 10.2. The van der Waals surface area contributed by atoms with Gasteiger partial charge in [0.1, 0.15) is 6.33 Å². The predicted molar refractivity (Wildman–Crippen MR) is 57.8 cm³/mol. The van der Waals surface area contributed by atoms with Gasteiger partial charge in [-0.05, 0) is 25.3 Å². The molecule has 0 aliphatic carbocycles. The molecule has 0 bridgehead atoms. The van der Waals surface area contributed by atoms with Gasteiger partial charge >= 0.3 is 0 Å². The Morgan fingerprint density at radius 3 is 2.64 bits per heavy atom. The molecule has 0 aromatic carbocycles. The highest BCUT2D eigenvalue weighted by Gasteiger charge is 1.94. The van der Waals surface area contributed by atoms with Gasteiger partial charge in [0.25, 0.3) is 0 Å². The van der Waals surface area contributed by atoms with Gasteiger partial charge in [0.2, 0.25) is 0 Å². The molecule has 0 saturated heterocycles. The summed E-state index contributed by atoms with van der Waals surface area (Å²) >= 11 is 0. The van der Waals surface area contributed by atoms with Crippen LogP contribution in [0.5, 0.6) is 0 Å². The average Bonchev–Trinajstić information content (AvgIpc) is 2.18. The van der Waals surface area contributed by atoms with Crippen LogP contribution in [0.4, 0.5) is 0 Å². The van der Waals surface area contributed by atoms with Crippen LogP contribution in [0.1, 0.15) is 32.3 Å². The van der Waals surface area contributed by atoms with Crippen molar-refractivity contribution in [2.45, 2.75) is 33.2 Å². The first-order valence-corrected chi connectivity index (χ1v) is 5.23. The highest BCUT2D eigenvalue weighted by molar-refractivity contribution is 5.01. The molecule has 3 heteroatoms. The summed E-state index contributed by atoms with van der Waals surface area (Å²) in [5.41, 5.74) is 1.15. The Balaban J connectivity index is 2.05. The first kappa shape index (κ1) is 11.1. The second-order valence-electron chi connectivity index (χ2n) is 3.96. The third kappa shape index (κ3) is 4.92. The van der Waals surface area contributed by atoms with E-state index in [9.17, 15) is 0 Å². The van der Waals surface area contributed by atoms with Crippen LogP contribution in [0.3, 0.4) is 0 Å². The molecule has 3 nitrogen and oxygen atoms in total. The zero-order valence-electron chi connectivity index (χ0n) is 9.03. The van der Waals surface area contributed by atoms with E-state index in [-0.39, 0.29) is 0 Å². The van der Waals surface area contributed by atoms with E-state index < -0.39 is 0 Å². The molecule has 0 saturated carbocycles. The van der Waals surface area contributed by atoms with Crippen LogP contribution in [-0.2, 0) is 6.54 Å². The molecule has 0 unspecified atom stereocenters. The van der Waals surface area contributed by atoms with Gasteiger partial charge < -0.3 is 5.32 Å². The van der Waals surface area contributed by atoms with Crippen LogP contribution < -0.4 is 5.32 Å². The van der Waals surface area contributed by atoms with E-state index in [2.05, 4.69) is 29.1 Å². The maximum Gasteiger partial charge on any atom is 0.115 e. The van der Waals surface area contributed by atoms with Crippen molar-refractivity contribution in [2.75, 3.05) is 6.54 Å². The number of nitrogens with one attached hydrogen (secondary N) is 1. The van der Waals surface area contributed by atoms with Crippen LogP contribution >= 0.6 is 0 Å². The first-order valence-electron chi connectivity index (χ1n) is 5.23. The number of nitrogens with zero attached hydrogens (tertiary/aromatic N) is 2. The van der Waals surface area contributed by atoms with E-state index in [1.54, 1.807) is 6.33 Å². The average molecular weight is 193 g/mol. The molecular formula is C11H19N3. The Morgan fingerprint density at radius 2 is 2.00 bits per heavy atom. The lowest BCUT2D eigenvalue weighted by atomic mass is 10.1. The SMILES string of the molecule is CC(C)CCCNCc1cncnc1. The molecule has 0 atom stereocenters. The molecule has 0 fully saturated rings. The van der Waals surface area contributed by atoms with Crippen molar-refractivity contribution in [1.82, 2.24) is 15.3 Å². The van der Waals surface area contributed by atoms with Crippen molar-refractivity contribution in [3.05, 3.63) is 24.3 Å². The second-order valence-corrected chi connectivity index (χ2v) is 3.96. The second kappa shape index (κ2) is 6.49. The number of hydrogen-bond acceptors (Lipinski definition) is 3. The maximum atomic E-state index is 3.96. The van der Waals surface area contributed by atoms with E-state index >= 15 is 0 Å². The van der Waals surface area contributed by atoms with Gasteiger partial charge in [-0.1, -0.05) is 13.8 Å². The topological polar surface area (TPSA) is 37.8 Å². The Bertz CT molecular complexity index is 234. The molecule has 1 rings (SSSR count). The van der Waals surface area contributed by atoms with Crippen molar-refractivity contribution in [3.8, 4) is 0 Å². The van der Waals surface area contributed by atoms with Gasteiger partial charge in [-0.2, -0.15) is 0 Å². The minimum Gasteiger partial charge on any atom is -0.313 e. The highest BCUT2D eigenvalue weighted by Crippen LogP contribution is 2.02. The zero-order valence-corrected chi connectivity index (χ0v) is 9.03. The van der Waals surface area contributed by atoms with E-state index in [4.69, 9.17) is 0 Å². The summed E-state index contributed by atoms with van der Waals surface area (Å²) in [5.74, 6) is 0.803. The van der Waals surface area contributed by atoms with Gasteiger partial charge in [-0.25, -0.2) is 9.97 Å². The van der Waals surface area contributed by atoms with Crippen molar-refractivity contribution >= 4 is 0 Å². The van der Waals surface area contributed by atoms with Crippen molar-refractivity contribution in [1.29, 1.82) is 0 Å². The highest BCUT2D eigenvalue weighted by atomic mass is 14.9. The van der Waals surface area contributed by atoms with Crippen LogP contribution in [0.2, 0.25) is 0 Å². The quantitative estimate of drug-likeness (QED) is 0.702. The molecule has 0 aliphatic rings. The molecule has 1 aromatic heterocycles. The van der Waals surface area contributed by atoms with Gasteiger partial charge in [0, 0.05) is 24.5 Å². The molecule has 1 N–H and O–H groups in total. The fraction of sp³-hybridized carbons (Fsp3) is 0.636. The lowest BCUT2D eigenvalue weighted by Crippen LogP contribution is -2.15. The standard InChI is InChI=1S/C11H19N3/c1-10(2)4-3-5-12-6-11-7-13-9-14-8-11/h7-10,12H,3-6H2,1-2H3. The van der Waals surface area contributed by atoms with E-state index in [1.165, 1.54) is 12.8 Å². The predicted octanol–water partition coefficient (Wildman–Crippen LogP) is 2.00. The van der Waals surface area contributed by atoms with E-state index in [0.717, 1.165) is 24.6 Å². The summed E-state index contributed by atoms with van der Waals surface area (Å²) in [6, 6.07) is 0. The van der Waals surface area contributed by atoms with Crippen LogP contribution in [-0.4, -0.2) is 16.5 Å². The lowest BCUT2D eigenvalue weighted by Gasteiger charge is -2.05. The summed E-state index contributed by atoms with van der Waals surface area (Å²) in [7, 11) is 0. The smallest absolute Gasteiger partial charge is 0.115 e. The van der Waals surface area contributed by atoms with Gasteiger partial charge in [-0.15, -0.1) is 0 Å². The minimum atomic E-state index is 0.803. The molecule has 1 aromatic rings. The van der Waals surface area contributed by atoms with Gasteiger partial charge in [0.15, 0.2) is 0 Å². The van der Waals surface area contributed by atoms with Gasteiger partial charge in [0.05, 0.1) is 0 Å². The van der Waals surface area contributed by atoms with Crippen LogP contribution in [0.25, 0.3) is 0 Å². The Hall–Kier alpha value is -0.960. The summed E-state index contributed by atoms with van der Waals surface area (Å²) in [6.45, 7) is 6.46. The van der Waals surface area contributed by atoms with E-state index in [0.29, 0.717) is 0 Å². The molecule has 0 spiro atoms. The number of aromatic nitrogens is 2. The monoisotopic (exact) mass is 193 g/mol. The molecule has 0 radical (unpaired) electrons. The van der Waals surface area contributed by atoms with Crippen molar-refractivity contribution < 1.29 is 0 Å². The van der Waals surface area contributed by atoms with Crippen molar-refractivity contribution in [2.24, 2.45) is 5.92 Å². The summed E-state index contributed by atoms with van der Waals surface area (Å²) < 4.78 is 0. The molecule has 0 amide bonds. The molecule has 0 aliphatic heterocycles. The third-order valence-corrected chi connectivity index (χ3v) is 2.08. The van der Waals surface area contributed by atoms with Crippen LogP contribution in [0.15, 0.2) is 18.7 Å². The summed E-state index contributed by atoms with van der Waals surface area (Å²) in [6.07, 6.45) is 7.79. The third-order valence-electron chi connectivity index (χ3n) is 2.08. The molecular weight excluding hydrogens is 174 g/mol. The van der Waals surface area contributed by atoms with Crippen molar-refractivity contribution in [3.63, 3.8) is 0 Å². The largest absolute Gasteiger partial charge is 0.313 e. The Kier molecular flexibility index (Phi) is 5.15. The maximum absolute atomic E-state index is 3.96. The van der Waals surface area contributed by atoms with Crippen LogP contribution in [0, 0.1) is 5.92 Å². The normalized spacial score (nSPS) is 10.8. The summed E-state index contributed by atoms with van der Waals surface area (Å²) in [4.78, 5) is 7.92. The van der Waals surface area contributed by atoms with Gasteiger partial charge in [-0.3, -0.25) is 0 Å². The summed E-state index contributed by atoms with van der Waals surface area (Å²) in [5, 5.41) is 3.38. The number of hydrogen-bond donors (Lipinski definition) is 1. The molecule has 14 heavy (non-hydrogen) atoms. The minimum absolute atomic E-state index is 0.803. The Morgan fingerprint density at radius 1 is 1.29 bits per heavy atom. The molecule has 78 valence electrons. The fourth-order valence-corrected chi connectivity index (χ4v) is 1.29. The number of rotatable bonds is 6. The Labute approximate surface area is 86.0 Å². The fourth-order valence-electron chi connectivity index (χ4n) is 1.29.